The van der Waals surface area contributed by atoms with E-state index in [1.807, 2.05) is 6.07 Å². The zero-order chi connectivity index (χ0) is 14.9. The van der Waals surface area contributed by atoms with Crippen LogP contribution in [0.5, 0.6) is 0 Å². The van der Waals surface area contributed by atoms with Crippen LogP contribution < -0.4 is 5.73 Å². The molecule has 116 valence electrons. The molecule has 2 saturated heterocycles. The fraction of sp³-hybridized carbons (Fsp3) is 0.625. The summed E-state index contributed by atoms with van der Waals surface area (Å²) in [5.41, 5.74) is 6.87. The van der Waals surface area contributed by atoms with Gasteiger partial charge in [0.05, 0.1) is 5.60 Å². The predicted molar refractivity (Wildman–Crippen MR) is 82.5 cm³/mol. The van der Waals surface area contributed by atoms with Gasteiger partial charge in [0.25, 0.3) is 0 Å². The maximum atomic E-state index is 14.1. The quantitative estimate of drug-likeness (QED) is 0.879. The lowest BCUT2D eigenvalue weighted by molar-refractivity contribution is -0.149. The number of benzene rings is 1. The number of halogens is 2. The van der Waals surface area contributed by atoms with Crippen molar-refractivity contribution in [2.75, 3.05) is 19.8 Å². The smallest absolute Gasteiger partial charge is 0.129 e. The van der Waals surface area contributed by atoms with Gasteiger partial charge in [-0.05, 0) is 43.7 Å². The molecule has 2 N–H and O–H groups in total. The molecule has 21 heavy (non-hydrogen) atoms. The van der Waals surface area contributed by atoms with Gasteiger partial charge >= 0.3 is 0 Å². The van der Waals surface area contributed by atoms with Crippen molar-refractivity contribution < 1.29 is 13.9 Å². The maximum absolute atomic E-state index is 14.1. The summed E-state index contributed by atoms with van der Waals surface area (Å²) in [4.78, 5) is 0. The summed E-state index contributed by atoms with van der Waals surface area (Å²) >= 11 is 3.28. The van der Waals surface area contributed by atoms with Crippen molar-refractivity contribution in [2.45, 2.75) is 37.3 Å². The van der Waals surface area contributed by atoms with Gasteiger partial charge in [0.15, 0.2) is 0 Å². The molecule has 1 spiro atoms. The number of nitrogens with two attached hydrogens (primary N) is 1. The van der Waals surface area contributed by atoms with Crippen LogP contribution in [0.4, 0.5) is 4.39 Å². The third-order valence-electron chi connectivity index (χ3n) is 4.76. The predicted octanol–water partition coefficient (Wildman–Crippen LogP) is 3.56. The first-order valence-corrected chi connectivity index (χ1v) is 8.31. The number of rotatable bonds is 2. The first kappa shape index (κ1) is 15.4. The highest BCUT2D eigenvalue weighted by Gasteiger charge is 2.41. The Bertz CT molecular complexity index is 500. The van der Waals surface area contributed by atoms with E-state index in [4.69, 9.17) is 15.2 Å². The molecule has 3 nitrogen and oxygen atoms in total. The SMILES string of the molecule is NC(c1ccc(Br)cc1F)C1CCOC2(CCOCC2)C1. The normalized spacial score (nSPS) is 26.7. The molecule has 0 aliphatic carbocycles. The van der Waals surface area contributed by atoms with E-state index in [0.717, 1.165) is 43.4 Å². The van der Waals surface area contributed by atoms with Gasteiger partial charge in [-0.15, -0.1) is 0 Å². The van der Waals surface area contributed by atoms with Gasteiger partial charge in [-0.2, -0.15) is 0 Å². The average molecular weight is 358 g/mol. The number of hydrogen-bond donors (Lipinski definition) is 1. The van der Waals surface area contributed by atoms with Crippen LogP contribution in [0.2, 0.25) is 0 Å². The second-order valence-electron chi connectivity index (χ2n) is 6.09. The Morgan fingerprint density at radius 1 is 1.29 bits per heavy atom. The lowest BCUT2D eigenvalue weighted by atomic mass is 9.76. The Hall–Kier alpha value is -0.490. The van der Waals surface area contributed by atoms with Gasteiger partial charge in [-0.25, -0.2) is 4.39 Å². The minimum absolute atomic E-state index is 0.107. The standard InChI is InChI=1S/C16H21BrFNO2/c17-12-1-2-13(14(18)9-12)15(19)11-3-6-21-16(10-11)4-7-20-8-5-16/h1-2,9,11,15H,3-8,10,19H2. The molecule has 2 fully saturated rings. The molecule has 1 aromatic carbocycles. The van der Waals surface area contributed by atoms with Gasteiger partial charge in [0, 0.05) is 35.9 Å². The molecule has 3 rings (SSSR count). The topological polar surface area (TPSA) is 44.5 Å². The number of hydrogen-bond acceptors (Lipinski definition) is 3. The Balaban J connectivity index is 1.76. The molecule has 0 saturated carbocycles. The average Bonchev–Trinajstić information content (AvgIpc) is 2.47. The summed E-state index contributed by atoms with van der Waals surface area (Å²) in [6.45, 7) is 2.19. The maximum Gasteiger partial charge on any atom is 0.129 e. The van der Waals surface area contributed by atoms with Gasteiger partial charge in [0.2, 0.25) is 0 Å². The summed E-state index contributed by atoms with van der Waals surface area (Å²) in [7, 11) is 0. The lowest BCUT2D eigenvalue weighted by Crippen LogP contribution is -2.46. The van der Waals surface area contributed by atoms with Crippen LogP contribution in [0.15, 0.2) is 22.7 Å². The van der Waals surface area contributed by atoms with Crippen molar-refractivity contribution in [3.63, 3.8) is 0 Å². The van der Waals surface area contributed by atoms with Crippen molar-refractivity contribution >= 4 is 15.9 Å². The molecule has 0 bridgehead atoms. The van der Waals surface area contributed by atoms with Crippen LogP contribution >= 0.6 is 15.9 Å². The molecule has 2 atom stereocenters. The highest BCUT2D eigenvalue weighted by molar-refractivity contribution is 9.10. The van der Waals surface area contributed by atoms with E-state index in [9.17, 15) is 4.39 Å². The van der Waals surface area contributed by atoms with Crippen molar-refractivity contribution in [2.24, 2.45) is 11.7 Å². The second kappa shape index (κ2) is 6.32. The van der Waals surface area contributed by atoms with E-state index in [-0.39, 0.29) is 23.4 Å². The lowest BCUT2D eigenvalue weighted by Gasteiger charge is -2.44. The highest BCUT2D eigenvalue weighted by atomic mass is 79.9. The highest BCUT2D eigenvalue weighted by Crippen LogP contribution is 2.41. The van der Waals surface area contributed by atoms with Crippen LogP contribution in [-0.4, -0.2) is 25.4 Å². The molecular weight excluding hydrogens is 337 g/mol. The van der Waals surface area contributed by atoms with E-state index >= 15 is 0 Å². The fourth-order valence-electron chi connectivity index (χ4n) is 3.49. The first-order valence-electron chi connectivity index (χ1n) is 7.52. The van der Waals surface area contributed by atoms with Crippen molar-refractivity contribution in [1.82, 2.24) is 0 Å². The molecule has 2 aliphatic heterocycles. The van der Waals surface area contributed by atoms with Crippen molar-refractivity contribution in [3.05, 3.63) is 34.1 Å². The van der Waals surface area contributed by atoms with Crippen LogP contribution in [0.1, 0.15) is 37.3 Å². The monoisotopic (exact) mass is 357 g/mol. The third-order valence-corrected chi connectivity index (χ3v) is 5.26. The van der Waals surface area contributed by atoms with E-state index in [1.54, 1.807) is 6.07 Å². The largest absolute Gasteiger partial charge is 0.381 e. The van der Waals surface area contributed by atoms with Gasteiger partial charge < -0.3 is 15.2 Å². The zero-order valence-electron chi connectivity index (χ0n) is 12.0. The Morgan fingerprint density at radius 3 is 2.76 bits per heavy atom. The molecule has 2 heterocycles. The van der Waals surface area contributed by atoms with E-state index in [1.165, 1.54) is 6.07 Å². The van der Waals surface area contributed by atoms with Gasteiger partial charge in [0.1, 0.15) is 5.82 Å². The Labute approximate surface area is 133 Å². The zero-order valence-corrected chi connectivity index (χ0v) is 13.6. The van der Waals surface area contributed by atoms with Crippen molar-refractivity contribution in [3.8, 4) is 0 Å². The minimum Gasteiger partial charge on any atom is -0.381 e. The molecule has 1 aromatic rings. The van der Waals surface area contributed by atoms with E-state index in [0.29, 0.717) is 12.2 Å². The van der Waals surface area contributed by atoms with E-state index < -0.39 is 0 Å². The van der Waals surface area contributed by atoms with Crippen molar-refractivity contribution in [1.29, 1.82) is 0 Å². The van der Waals surface area contributed by atoms with Crippen LogP contribution in [-0.2, 0) is 9.47 Å². The summed E-state index contributed by atoms with van der Waals surface area (Å²) in [5.74, 6) is 0.0249. The fourth-order valence-corrected chi connectivity index (χ4v) is 3.82. The summed E-state index contributed by atoms with van der Waals surface area (Å²) < 4.78 is 26.3. The molecule has 0 amide bonds. The molecule has 2 unspecified atom stereocenters. The summed E-state index contributed by atoms with van der Waals surface area (Å²) in [5, 5.41) is 0. The van der Waals surface area contributed by atoms with Crippen LogP contribution in [0.25, 0.3) is 0 Å². The Kier molecular flexibility index (Phi) is 4.64. The minimum atomic E-state index is -0.276. The van der Waals surface area contributed by atoms with Crippen LogP contribution in [0.3, 0.4) is 0 Å². The molecular formula is C16H21BrFNO2. The summed E-state index contributed by atoms with van der Waals surface area (Å²) in [6, 6.07) is 4.85. The number of ether oxygens (including phenoxy) is 2. The second-order valence-corrected chi connectivity index (χ2v) is 7.00. The van der Waals surface area contributed by atoms with Gasteiger partial charge in [-0.3, -0.25) is 0 Å². The third kappa shape index (κ3) is 3.31. The Morgan fingerprint density at radius 2 is 2.05 bits per heavy atom. The van der Waals surface area contributed by atoms with E-state index in [2.05, 4.69) is 15.9 Å². The van der Waals surface area contributed by atoms with Crippen LogP contribution in [0, 0.1) is 11.7 Å². The van der Waals surface area contributed by atoms with Gasteiger partial charge in [-0.1, -0.05) is 22.0 Å². The molecule has 2 aliphatic rings. The summed E-state index contributed by atoms with van der Waals surface area (Å²) in [6.07, 6.45) is 3.62. The molecule has 0 aromatic heterocycles. The first-order chi connectivity index (χ1) is 10.1. The molecule has 5 heteroatoms. The molecule has 0 radical (unpaired) electrons.